The minimum atomic E-state index is 0.872. The monoisotopic (exact) mass is 324 g/mol. The van der Waals surface area contributed by atoms with Crippen LogP contribution in [0.1, 0.15) is 0 Å². The van der Waals surface area contributed by atoms with Gasteiger partial charge in [0.15, 0.2) is 0 Å². The first-order chi connectivity index (χ1) is 9.84. The first kappa shape index (κ1) is 11.8. The molecule has 2 heterocycles. The molecule has 0 fully saturated rings. The molecule has 0 unspecified atom stereocenters. The lowest BCUT2D eigenvalue weighted by Gasteiger charge is -2.07. The first-order valence-electron chi connectivity index (χ1n) is 6.64. The minimum absolute atomic E-state index is 0.872. The Hall–Kier alpha value is -2.00. The van der Waals surface area contributed by atoms with Crippen LogP contribution in [0.3, 0.4) is 0 Å². The molecule has 2 nitrogen and oxygen atoms in total. The average molecular weight is 325 g/mol. The molecule has 3 heteroatoms. The van der Waals surface area contributed by atoms with Gasteiger partial charge in [-0.15, -0.1) is 0 Å². The van der Waals surface area contributed by atoms with Gasteiger partial charge in [0.05, 0.1) is 10.9 Å². The fraction of sp³-hybridized carbons (Fsp3) is 0.0588. The third kappa shape index (κ3) is 1.70. The van der Waals surface area contributed by atoms with E-state index < -0.39 is 0 Å². The van der Waals surface area contributed by atoms with Crippen LogP contribution in [0.25, 0.3) is 28.9 Å². The molecule has 0 spiro atoms. The van der Waals surface area contributed by atoms with E-state index in [1.54, 1.807) is 0 Å². The molecular formula is C17H13BrN2. The van der Waals surface area contributed by atoms with Crippen molar-refractivity contribution in [1.82, 2.24) is 9.88 Å². The molecule has 0 amide bonds. The topological polar surface area (TPSA) is 17.0 Å². The number of rotatable bonds is 1. The maximum Gasteiger partial charge on any atom is 0.0542 e. The summed E-state index contributed by atoms with van der Waals surface area (Å²) in [7, 11) is 0. The molecule has 0 saturated heterocycles. The van der Waals surface area contributed by atoms with Crippen molar-refractivity contribution >= 4 is 39.1 Å². The van der Waals surface area contributed by atoms with Gasteiger partial charge in [-0.1, -0.05) is 34.1 Å². The van der Waals surface area contributed by atoms with E-state index in [1.165, 1.54) is 27.2 Å². The molecule has 20 heavy (non-hydrogen) atoms. The summed E-state index contributed by atoms with van der Waals surface area (Å²) >= 11 is 3.57. The predicted octanol–water partition coefficient (Wildman–Crippen LogP) is 2.51. The van der Waals surface area contributed by atoms with Crippen molar-refractivity contribution < 1.29 is 0 Å². The zero-order chi connectivity index (χ0) is 13.5. The number of aromatic nitrogens is 1. The lowest BCUT2D eigenvalue weighted by molar-refractivity contribution is 1.00. The second-order valence-corrected chi connectivity index (χ2v) is 5.80. The van der Waals surface area contributed by atoms with Gasteiger partial charge in [0.25, 0.3) is 0 Å². The summed E-state index contributed by atoms with van der Waals surface area (Å²) in [5, 5.41) is 7.10. The summed E-state index contributed by atoms with van der Waals surface area (Å²) in [6, 6.07) is 17.0. The van der Waals surface area contributed by atoms with Crippen molar-refractivity contribution in [1.29, 1.82) is 0 Å². The molecule has 0 aliphatic carbocycles. The molecule has 1 aliphatic rings. The van der Waals surface area contributed by atoms with E-state index in [1.807, 2.05) is 0 Å². The van der Waals surface area contributed by atoms with Crippen LogP contribution < -0.4 is 15.9 Å². The third-order valence-electron chi connectivity index (χ3n) is 3.68. The molecule has 1 N–H and O–H groups in total. The Labute approximate surface area is 125 Å². The van der Waals surface area contributed by atoms with Gasteiger partial charge < -0.3 is 9.88 Å². The zero-order valence-electron chi connectivity index (χ0n) is 10.8. The van der Waals surface area contributed by atoms with Crippen LogP contribution in [0.15, 0.2) is 53.0 Å². The number of halogens is 1. The molecule has 1 aromatic heterocycles. The Balaban J connectivity index is 2.22. The van der Waals surface area contributed by atoms with E-state index in [0.29, 0.717) is 0 Å². The van der Waals surface area contributed by atoms with Gasteiger partial charge in [-0.25, -0.2) is 0 Å². The number of nitrogens with one attached hydrogen (secondary N) is 1. The average Bonchev–Trinajstić information content (AvgIpc) is 2.82. The highest BCUT2D eigenvalue weighted by Gasteiger charge is 2.10. The van der Waals surface area contributed by atoms with Crippen molar-refractivity contribution in [3.8, 4) is 5.69 Å². The number of benzene rings is 2. The zero-order valence-corrected chi connectivity index (χ0v) is 12.4. The number of fused-ring (bicyclic) bond motifs is 3. The number of hydrogen-bond acceptors (Lipinski definition) is 1. The van der Waals surface area contributed by atoms with Crippen molar-refractivity contribution in [2.75, 3.05) is 6.54 Å². The maximum atomic E-state index is 3.57. The maximum absolute atomic E-state index is 3.57. The second-order valence-electron chi connectivity index (χ2n) is 4.89. The molecule has 98 valence electrons. The third-order valence-corrected chi connectivity index (χ3v) is 4.17. The highest BCUT2D eigenvalue weighted by Crippen LogP contribution is 2.19. The summed E-state index contributed by atoms with van der Waals surface area (Å²) in [6.45, 7) is 0.872. The van der Waals surface area contributed by atoms with E-state index in [-0.39, 0.29) is 0 Å². The SMILES string of the molecule is Brc1ccc2c(c1)c1c(n2-c2ccccc2)=CCNC=1. The van der Waals surface area contributed by atoms with Crippen molar-refractivity contribution in [2.45, 2.75) is 0 Å². The molecular weight excluding hydrogens is 312 g/mol. The van der Waals surface area contributed by atoms with Crippen LogP contribution in [0.5, 0.6) is 0 Å². The first-order valence-corrected chi connectivity index (χ1v) is 7.43. The van der Waals surface area contributed by atoms with Crippen molar-refractivity contribution in [2.24, 2.45) is 0 Å². The van der Waals surface area contributed by atoms with E-state index in [4.69, 9.17) is 0 Å². The van der Waals surface area contributed by atoms with Gasteiger partial charge in [0.2, 0.25) is 0 Å². The smallest absolute Gasteiger partial charge is 0.0542 e. The summed E-state index contributed by atoms with van der Waals surface area (Å²) in [4.78, 5) is 0. The second kappa shape index (κ2) is 4.53. The Morgan fingerprint density at radius 1 is 1.05 bits per heavy atom. The standard InChI is InChI=1S/C17H13BrN2/c18-12-6-7-16-14(10-12)15-11-19-9-8-17(15)20(16)13-4-2-1-3-5-13/h1-8,10-11,19H,9H2. The molecule has 0 bridgehead atoms. The number of hydrogen-bond donors (Lipinski definition) is 1. The highest BCUT2D eigenvalue weighted by molar-refractivity contribution is 9.10. The van der Waals surface area contributed by atoms with Crippen LogP contribution in [-0.4, -0.2) is 11.1 Å². The number of nitrogens with zero attached hydrogens (tertiary/aromatic N) is 1. The molecule has 0 radical (unpaired) electrons. The van der Waals surface area contributed by atoms with Crippen LogP contribution in [0.2, 0.25) is 0 Å². The predicted molar refractivity (Wildman–Crippen MR) is 87.2 cm³/mol. The van der Waals surface area contributed by atoms with Gasteiger partial charge in [-0.2, -0.15) is 0 Å². The summed E-state index contributed by atoms with van der Waals surface area (Å²) in [5.41, 5.74) is 2.44. The molecule has 0 saturated carbocycles. The van der Waals surface area contributed by atoms with Crippen molar-refractivity contribution in [3.05, 3.63) is 63.6 Å². The van der Waals surface area contributed by atoms with E-state index in [9.17, 15) is 0 Å². The van der Waals surface area contributed by atoms with Gasteiger partial charge in [0, 0.05) is 33.5 Å². The van der Waals surface area contributed by atoms with E-state index in [0.717, 1.165) is 11.0 Å². The molecule has 3 aromatic rings. The Morgan fingerprint density at radius 3 is 2.75 bits per heavy atom. The fourth-order valence-corrected chi connectivity index (χ4v) is 3.19. The van der Waals surface area contributed by atoms with E-state index >= 15 is 0 Å². The summed E-state index contributed by atoms with van der Waals surface area (Å²) in [6.07, 6.45) is 4.36. The van der Waals surface area contributed by atoms with E-state index in [2.05, 4.69) is 86.6 Å². The number of para-hydroxylation sites is 1. The Morgan fingerprint density at radius 2 is 1.90 bits per heavy atom. The van der Waals surface area contributed by atoms with Crippen LogP contribution in [-0.2, 0) is 0 Å². The molecule has 0 atom stereocenters. The Kier molecular flexibility index (Phi) is 2.67. The normalized spacial score (nSPS) is 13.2. The lowest BCUT2D eigenvalue weighted by Crippen LogP contribution is -2.35. The molecule has 4 rings (SSSR count). The summed E-state index contributed by atoms with van der Waals surface area (Å²) < 4.78 is 3.44. The van der Waals surface area contributed by atoms with Gasteiger partial charge in [-0.05, 0) is 36.4 Å². The molecule has 1 aliphatic heterocycles. The van der Waals surface area contributed by atoms with Gasteiger partial charge >= 0.3 is 0 Å². The fourth-order valence-electron chi connectivity index (χ4n) is 2.83. The van der Waals surface area contributed by atoms with Crippen LogP contribution in [0, 0.1) is 0 Å². The van der Waals surface area contributed by atoms with Crippen LogP contribution >= 0.6 is 15.9 Å². The van der Waals surface area contributed by atoms with Crippen LogP contribution in [0.4, 0.5) is 0 Å². The molecule has 2 aromatic carbocycles. The summed E-state index contributed by atoms with van der Waals surface area (Å²) in [5.74, 6) is 0. The highest BCUT2D eigenvalue weighted by atomic mass is 79.9. The Bertz CT molecular complexity index is 908. The minimum Gasteiger partial charge on any atom is -0.387 e. The van der Waals surface area contributed by atoms with Gasteiger partial charge in [-0.3, -0.25) is 0 Å². The lowest BCUT2D eigenvalue weighted by atomic mass is 10.2. The van der Waals surface area contributed by atoms with Crippen molar-refractivity contribution in [3.63, 3.8) is 0 Å². The quantitative estimate of drug-likeness (QED) is 0.727. The largest absolute Gasteiger partial charge is 0.387 e. The van der Waals surface area contributed by atoms with Gasteiger partial charge in [0.1, 0.15) is 0 Å².